The molecule has 1 fully saturated rings. The molecule has 5 nitrogen and oxygen atoms in total. The normalized spacial score (nSPS) is 19.3. The second kappa shape index (κ2) is 5.84. The van der Waals surface area contributed by atoms with Crippen LogP contribution in [0.2, 0.25) is 0 Å². The fraction of sp³-hybridized carbons (Fsp3) is 0.462. The predicted octanol–water partition coefficient (Wildman–Crippen LogP) is 1.30. The maximum absolute atomic E-state index is 12.3. The van der Waals surface area contributed by atoms with Crippen LogP contribution in [0.3, 0.4) is 0 Å². The number of methoxy groups -OCH3 is 2. The van der Waals surface area contributed by atoms with Gasteiger partial charge in [-0.1, -0.05) is 0 Å². The Bertz CT molecular complexity index is 423. The molecule has 1 aromatic rings. The highest BCUT2D eigenvalue weighted by molar-refractivity contribution is 6.02. The molecule has 1 aliphatic heterocycles. The maximum Gasteiger partial charge on any atom is 0.197 e. The summed E-state index contributed by atoms with van der Waals surface area (Å²) in [6.45, 7) is 1.24. The highest BCUT2D eigenvalue weighted by Crippen LogP contribution is 2.26. The Morgan fingerprint density at radius 3 is 2.72 bits per heavy atom. The minimum Gasteiger partial charge on any atom is -0.497 e. The summed E-state index contributed by atoms with van der Waals surface area (Å²) in [5, 5.41) is 0. The van der Waals surface area contributed by atoms with E-state index in [4.69, 9.17) is 18.9 Å². The summed E-state index contributed by atoms with van der Waals surface area (Å²) in [7, 11) is 3.08. The number of carbonyl (C=O) groups excluding carboxylic acids is 1. The van der Waals surface area contributed by atoms with Gasteiger partial charge in [0, 0.05) is 0 Å². The molecule has 5 heteroatoms. The minimum absolute atomic E-state index is 0.148. The van der Waals surface area contributed by atoms with Crippen molar-refractivity contribution in [3.8, 4) is 11.5 Å². The molecule has 0 spiro atoms. The number of benzene rings is 1. The van der Waals surface area contributed by atoms with Crippen LogP contribution in [0, 0.1) is 0 Å². The van der Waals surface area contributed by atoms with Crippen molar-refractivity contribution in [3.05, 3.63) is 23.8 Å². The van der Waals surface area contributed by atoms with E-state index in [1.165, 1.54) is 7.11 Å². The van der Waals surface area contributed by atoms with Gasteiger partial charge < -0.3 is 18.9 Å². The van der Waals surface area contributed by atoms with Gasteiger partial charge in [0.1, 0.15) is 17.6 Å². The lowest BCUT2D eigenvalue weighted by Gasteiger charge is -2.22. The Kier molecular flexibility index (Phi) is 4.17. The van der Waals surface area contributed by atoms with Gasteiger partial charge >= 0.3 is 0 Å². The third-order valence-electron chi connectivity index (χ3n) is 2.78. The molecule has 1 atom stereocenters. The molecule has 98 valence electrons. The van der Waals surface area contributed by atoms with Gasteiger partial charge in [-0.25, -0.2) is 0 Å². The van der Waals surface area contributed by atoms with E-state index in [9.17, 15) is 4.79 Å². The van der Waals surface area contributed by atoms with E-state index in [2.05, 4.69) is 0 Å². The van der Waals surface area contributed by atoms with Gasteiger partial charge in [-0.05, 0) is 18.2 Å². The van der Waals surface area contributed by atoms with Crippen LogP contribution in [0.4, 0.5) is 0 Å². The van der Waals surface area contributed by atoms with Crippen LogP contribution < -0.4 is 9.47 Å². The molecule has 1 aromatic carbocycles. The molecule has 0 aliphatic carbocycles. The van der Waals surface area contributed by atoms with Crippen LogP contribution in [0.1, 0.15) is 10.4 Å². The van der Waals surface area contributed by atoms with Crippen molar-refractivity contribution in [2.45, 2.75) is 6.10 Å². The summed E-state index contributed by atoms with van der Waals surface area (Å²) in [5.41, 5.74) is 0.451. The molecular formula is C13H16O5. The number of carbonyl (C=O) groups is 1. The molecular weight excluding hydrogens is 236 g/mol. The number of ether oxygens (including phenoxy) is 4. The van der Waals surface area contributed by atoms with Gasteiger partial charge in [0.15, 0.2) is 5.78 Å². The fourth-order valence-corrected chi connectivity index (χ4v) is 1.82. The summed E-state index contributed by atoms with van der Waals surface area (Å²) in [5.74, 6) is 0.969. The van der Waals surface area contributed by atoms with Crippen LogP contribution in [-0.4, -0.2) is 45.9 Å². The molecule has 1 aliphatic rings. The molecule has 0 amide bonds. The molecule has 0 saturated carbocycles. The third-order valence-corrected chi connectivity index (χ3v) is 2.78. The van der Waals surface area contributed by atoms with Crippen molar-refractivity contribution in [1.82, 2.24) is 0 Å². The smallest absolute Gasteiger partial charge is 0.197 e. The summed E-state index contributed by atoms with van der Waals surface area (Å²) < 4.78 is 20.9. The molecule has 1 saturated heterocycles. The molecule has 0 aromatic heterocycles. The molecule has 1 unspecified atom stereocenters. The average Bonchev–Trinajstić information content (AvgIpc) is 2.46. The van der Waals surface area contributed by atoms with Gasteiger partial charge in [-0.2, -0.15) is 0 Å². The summed E-state index contributed by atoms with van der Waals surface area (Å²) in [6, 6.07) is 5.10. The van der Waals surface area contributed by atoms with Gasteiger partial charge in [-0.15, -0.1) is 0 Å². The number of hydrogen-bond acceptors (Lipinski definition) is 5. The zero-order chi connectivity index (χ0) is 13.0. The standard InChI is InChI=1S/C13H16O5/c1-15-9-3-4-11(16-2)10(7-9)13(14)12-8-17-5-6-18-12/h3-4,7,12H,5-6,8H2,1-2H3. The Balaban J connectivity index is 2.26. The number of ketones is 1. The first kappa shape index (κ1) is 12.9. The van der Waals surface area contributed by atoms with E-state index in [0.29, 0.717) is 30.3 Å². The third kappa shape index (κ3) is 2.63. The van der Waals surface area contributed by atoms with E-state index < -0.39 is 6.10 Å². The second-order valence-corrected chi connectivity index (χ2v) is 3.86. The second-order valence-electron chi connectivity index (χ2n) is 3.86. The SMILES string of the molecule is COc1ccc(OC)c(C(=O)C2COCCO2)c1. The highest BCUT2D eigenvalue weighted by Gasteiger charge is 2.26. The number of rotatable bonds is 4. The van der Waals surface area contributed by atoms with Crippen LogP contribution >= 0.6 is 0 Å². The lowest BCUT2D eigenvalue weighted by molar-refractivity contribution is -0.0719. The Morgan fingerprint density at radius 2 is 2.11 bits per heavy atom. The molecule has 0 N–H and O–H groups in total. The predicted molar refractivity (Wildman–Crippen MR) is 64.4 cm³/mol. The van der Waals surface area contributed by atoms with Gasteiger partial charge in [0.05, 0.1) is 39.6 Å². The first-order chi connectivity index (χ1) is 8.76. The zero-order valence-electron chi connectivity index (χ0n) is 10.5. The Hall–Kier alpha value is -1.59. The van der Waals surface area contributed by atoms with Gasteiger partial charge in [-0.3, -0.25) is 4.79 Å². The monoisotopic (exact) mass is 252 g/mol. The Morgan fingerprint density at radius 1 is 1.28 bits per heavy atom. The number of hydrogen-bond donors (Lipinski definition) is 0. The number of Topliss-reactive ketones (excluding diaryl/α,β-unsaturated/α-hetero) is 1. The molecule has 0 bridgehead atoms. The summed E-state index contributed by atoms with van der Waals surface area (Å²) in [4.78, 5) is 12.3. The minimum atomic E-state index is -0.570. The highest BCUT2D eigenvalue weighted by atomic mass is 16.6. The van der Waals surface area contributed by atoms with E-state index in [-0.39, 0.29) is 12.4 Å². The van der Waals surface area contributed by atoms with E-state index in [0.717, 1.165) is 0 Å². The quantitative estimate of drug-likeness (QED) is 0.756. The van der Waals surface area contributed by atoms with E-state index in [1.54, 1.807) is 25.3 Å². The fourth-order valence-electron chi connectivity index (χ4n) is 1.82. The molecule has 0 radical (unpaired) electrons. The van der Waals surface area contributed by atoms with Crippen LogP contribution in [0.5, 0.6) is 11.5 Å². The van der Waals surface area contributed by atoms with Crippen molar-refractivity contribution in [1.29, 1.82) is 0 Å². The van der Waals surface area contributed by atoms with Crippen molar-refractivity contribution < 1.29 is 23.7 Å². The van der Waals surface area contributed by atoms with Crippen molar-refractivity contribution >= 4 is 5.78 Å². The molecule has 2 rings (SSSR count). The van der Waals surface area contributed by atoms with Crippen molar-refractivity contribution in [2.24, 2.45) is 0 Å². The topological polar surface area (TPSA) is 54.0 Å². The lowest BCUT2D eigenvalue weighted by Crippen LogP contribution is -2.35. The van der Waals surface area contributed by atoms with Crippen molar-refractivity contribution in [3.63, 3.8) is 0 Å². The van der Waals surface area contributed by atoms with E-state index >= 15 is 0 Å². The van der Waals surface area contributed by atoms with Gasteiger partial charge in [0.25, 0.3) is 0 Å². The van der Waals surface area contributed by atoms with Crippen molar-refractivity contribution in [2.75, 3.05) is 34.0 Å². The maximum atomic E-state index is 12.3. The molecule has 18 heavy (non-hydrogen) atoms. The summed E-state index contributed by atoms with van der Waals surface area (Å²) in [6.07, 6.45) is -0.570. The Labute approximate surface area is 106 Å². The van der Waals surface area contributed by atoms with Crippen LogP contribution in [-0.2, 0) is 9.47 Å². The first-order valence-corrected chi connectivity index (χ1v) is 5.72. The first-order valence-electron chi connectivity index (χ1n) is 5.72. The largest absolute Gasteiger partial charge is 0.497 e. The lowest BCUT2D eigenvalue weighted by atomic mass is 10.0. The summed E-state index contributed by atoms with van der Waals surface area (Å²) >= 11 is 0. The van der Waals surface area contributed by atoms with Gasteiger partial charge in [0.2, 0.25) is 0 Å². The average molecular weight is 252 g/mol. The van der Waals surface area contributed by atoms with E-state index in [1.807, 2.05) is 0 Å². The zero-order valence-corrected chi connectivity index (χ0v) is 10.5. The van der Waals surface area contributed by atoms with Crippen LogP contribution in [0.15, 0.2) is 18.2 Å². The molecule has 1 heterocycles. The van der Waals surface area contributed by atoms with Crippen LogP contribution in [0.25, 0.3) is 0 Å².